The van der Waals surface area contributed by atoms with Crippen LogP contribution in [0.3, 0.4) is 0 Å². The largest absolute Gasteiger partial charge is 0.331 e. The Balaban J connectivity index is 1.53. The normalized spacial score (nSPS) is 14.1. The molecule has 0 bridgehead atoms. The molecule has 1 aliphatic rings. The molecule has 0 unspecified atom stereocenters. The summed E-state index contributed by atoms with van der Waals surface area (Å²) >= 11 is 0. The second-order valence-electron chi connectivity index (χ2n) is 6.98. The minimum atomic E-state index is -0.454. The van der Waals surface area contributed by atoms with Crippen LogP contribution in [0.15, 0.2) is 52.2 Å². The topological polar surface area (TPSA) is 101 Å². The van der Waals surface area contributed by atoms with Crippen molar-refractivity contribution in [3.05, 3.63) is 69.0 Å². The average Bonchev–Trinajstić information content (AvgIpc) is 3.17. The highest BCUT2D eigenvalue weighted by Gasteiger charge is 2.24. The zero-order valence-corrected chi connectivity index (χ0v) is 14.6. The predicted molar refractivity (Wildman–Crippen MR) is 100 cm³/mol. The summed E-state index contributed by atoms with van der Waals surface area (Å²) in [6.45, 7) is 1.23. The van der Waals surface area contributed by atoms with Crippen LogP contribution in [0, 0.1) is 5.92 Å². The number of aromatic amines is 2. The highest BCUT2D eigenvalue weighted by molar-refractivity contribution is 5.74. The van der Waals surface area contributed by atoms with Crippen LogP contribution in [0.1, 0.15) is 18.4 Å². The average molecular weight is 362 g/mol. The van der Waals surface area contributed by atoms with Crippen LogP contribution in [-0.2, 0) is 13.1 Å². The lowest BCUT2D eigenvalue weighted by molar-refractivity contribution is 0.607. The molecule has 0 amide bonds. The number of hydrogen-bond acceptors (Lipinski definition) is 4. The van der Waals surface area contributed by atoms with Crippen molar-refractivity contribution in [2.24, 2.45) is 5.92 Å². The highest BCUT2D eigenvalue weighted by atomic mass is 16.2. The standard InChI is InChI=1S/C19H18N6O2/c26-18-15-17(25(19(27)22-18)11-13-6-7-13)21-16(20-15)14-8-9-24(23-14)10-12-4-2-1-3-5-12/h1-5,8-9,13H,6-7,10-11H2,(H,20,21)(H,22,26,27). The lowest BCUT2D eigenvalue weighted by Gasteiger charge is -2.03. The lowest BCUT2D eigenvalue weighted by Crippen LogP contribution is -2.30. The van der Waals surface area contributed by atoms with E-state index in [-0.39, 0.29) is 0 Å². The van der Waals surface area contributed by atoms with Crippen LogP contribution < -0.4 is 11.2 Å². The SMILES string of the molecule is O=c1[nH]c(=O)n(CC2CC2)c2nc(-c3ccn(Cc4ccccc4)n3)[nH]c12. The molecule has 1 fully saturated rings. The van der Waals surface area contributed by atoms with E-state index in [1.54, 1.807) is 4.57 Å². The van der Waals surface area contributed by atoms with Gasteiger partial charge in [0.15, 0.2) is 11.5 Å². The Bertz CT molecular complexity index is 1230. The van der Waals surface area contributed by atoms with E-state index >= 15 is 0 Å². The summed E-state index contributed by atoms with van der Waals surface area (Å²) in [5.74, 6) is 0.972. The number of H-pyrrole nitrogens is 2. The number of hydrogen-bond donors (Lipinski definition) is 2. The fraction of sp³-hybridized carbons (Fsp3) is 0.263. The Hall–Kier alpha value is -3.42. The number of fused-ring (bicyclic) bond motifs is 1. The molecule has 0 radical (unpaired) electrons. The predicted octanol–water partition coefficient (Wildman–Crippen LogP) is 1.73. The summed E-state index contributed by atoms with van der Waals surface area (Å²) in [6, 6.07) is 11.9. The van der Waals surface area contributed by atoms with Gasteiger partial charge >= 0.3 is 5.69 Å². The summed E-state index contributed by atoms with van der Waals surface area (Å²) in [6.07, 6.45) is 4.08. The molecule has 1 aromatic carbocycles. The molecule has 1 saturated carbocycles. The van der Waals surface area contributed by atoms with Gasteiger partial charge in [-0.2, -0.15) is 5.10 Å². The van der Waals surface area contributed by atoms with Gasteiger partial charge in [0.05, 0.1) is 6.54 Å². The zero-order chi connectivity index (χ0) is 18.4. The molecule has 3 aromatic heterocycles. The van der Waals surface area contributed by atoms with Crippen LogP contribution in [0.5, 0.6) is 0 Å². The van der Waals surface area contributed by atoms with E-state index in [0.29, 0.717) is 41.7 Å². The molecular formula is C19H18N6O2. The summed E-state index contributed by atoms with van der Waals surface area (Å²) in [5.41, 5.74) is 1.61. The van der Waals surface area contributed by atoms with Gasteiger partial charge in [0.1, 0.15) is 11.2 Å². The summed E-state index contributed by atoms with van der Waals surface area (Å²) in [5, 5.41) is 4.55. The van der Waals surface area contributed by atoms with Crippen molar-refractivity contribution in [3.8, 4) is 11.5 Å². The quantitative estimate of drug-likeness (QED) is 0.564. The number of aromatic nitrogens is 6. The molecular weight excluding hydrogens is 344 g/mol. The number of benzene rings is 1. The van der Waals surface area contributed by atoms with Gasteiger partial charge in [-0.3, -0.25) is 19.0 Å². The minimum absolute atomic E-state index is 0.308. The molecule has 5 rings (SSSR count). The second-order valence-corrected chi connectivity index (χ2v) is 6.98. The first-order valence-electron chi connectivity index (χ1n) is 8.98. The maximum atomic E-state index is 12.2. The van der Waals surface area contributed by atoms with Crippen LogP contribution >= 0.6 is 0 Å². The Kier molecular flexibility index (Phi) is 3.56. The summed E-state index contributed by atoms with van der Waals surface area (Å²) < 4.78 is 3.37. The number of rotatable bonds is 5. The van der Waals surface area contributed by atoms with Gasteiger partial charge in [-0.1, -0.05) is 30.3 Å². The van der Waals surface area contributed by atoms with E-state index < -0.39 is 11.2 Å². The van der Waals surface area contributed by atoms with Gasteiger partial charge in [-0.15, -0.1) is 0 Å². The van der Waals surface area contributed by atoms with E-state index in [1.807, 2.05) is 47.3 Å². The number of imidazole rings is 1. The van der Waals surface area contributed by atoms with E-state index in [4.69, 9.17) is 0 Å². The second kappa shape index (κ2) is 6.08. The lowest BCUT2D eigenvalue weighted by atomic mass is 10.2. The monoisotopic (exact) mass is 362 g/mol. The first-order valence-corrected chi connectivity index (χ1v) is 8.98. The maximum absolute atomic E-state index is 12.2. The van der Waals surface area contributed by atoms with Gasteiger partial charge in [-0.25, -0.2) is 9.78 Å². The van der Waals surface area contributed by atoms with Crippen molar-refractivity contribution < 1.29 is 0 Å². The highest BCUT2D eigenvalue weighted by Crippen LogP contribution is 2.30. The summed E-state index contributed by atoms with van der Waals surface area (Å²) in [4.78, 5) is 34.3. The molecule has 2 N–H and O–H groups in total. The van der Waals surface area contributed by atoms with Gasteiger partial charge in [0.2, 0.25) is 0 Å². The number of nitrogens with zero attached hydrogens (tertiary/aromatic N) is 4. The summed E-state index contributed by atoms with van der Waals surface area (Å²) in [7, 11) is 0. The van der Waals surface area contributed by atoms with Crippen molar-refractivity contribution in [2.45, 2.75) is 25.9 Å². The van der Waals surface area contributed by atoms with E-state index in [0.717, 1.165) is 18.4 Å². The Morgan fingerprint density at radius 2 is 1.89 bits per heavy atom. The van der Waals surface area contributed by atoms with Crippen molar-refractivity contribution in [3.63, 3.8) is 0 Å². The van der Waals surface area contributed by atoms with E-state index in [9.17, 15) is 9.59 Å². The smallest absolute Gasteiger partial charge is 0.330 e. The molecule has 0 spiro atoms. The molecule has 27 heavy (non-hydrogen) atoms. The van der Waals surface area contributed by atoms with Crippen molar-refractivity contribution >= 4 is 11.2 Å². The Labute approximate surface area is 153 Å². The third-order valence-electron chi connectivity index (χ3n) is 4.84. The van der Waals surface area contributed by atoms with E-state index in [1.165, 1.54) is 0 Å². The first-order chi connectivity index (χ1) is 13.2. The van der Waals surface area contributed by atoms with Crippen LogP contribution in [-0.4, -0.2) is 29.3 Å². The fourth-order valence-electron chi connectivity index (χ4n) is 3.24. The van der Waals surface area contributed by atoms with Crippen molar-refractivity contribution in [1.82, 2.24) is 29.3 Å². The Morgan fingerprint density at radius 3 is 2.67 bits per heavy atom. The van der Waals surface area contributed by atoms with Gasteiger partial charge < -0.3 is 4.98 Å². The van der Waals surface area contributed by atoms with Crippen LogP contribution in [0.4, 0.5) is 0 Å². The van der Waals surface area contributed by atoms with Crippen LogP contribution in [0.2, 0.25) is 0 Å². The molecule has 0 saturated heterocycles. The minimum Gasteiger partial charge on any atom is -0.331 e. The zero-order valence-electron chi connectivity index (χ0n) is 14.6. The number of nitrogens with one attached hydrogen (secondary N) is 2. The van der Waals surface area contributed by atoms with Gasteiger partial charge in [-0.05, 0) is 30.4 Å². The fourth-order valence-corrected chi connectivity index (χ4v) is 3.24. The molecule has 8 heteroatoms. The van der Waals surface area contributed by atoms with Crippen LogP contribution in [0.25, 0.3) is 22.7 Å². The first kappa shape index (κ1) is 15.8. The molecule has 8 nitrogen and oxygen atoms in total. The van der Waals surface area contributed by atoms with Gasteiger partial charge in [0.25, 0.3) is 5.56 Å². The van der Waals surface area contributed by atoms with Crippen molar-refractivity contribution in [2.75, 3.05) is 0 Å². The third kappa shape index (κ3) is 2.99. The molecule has 1 aliphatic carbocycles. The van der Waals surface area contributed by atoms with Crippen molar-refractivity contribution in [1.29, 1.82) is 0 Å². The molecule has 136 valence electrons. The molecule has 0 aliphatic heterocycles. The molecule has 0 atom stereocenters. The maximum Gasteiger partial charge on any atom is 0.330 e. The Morgan fingerprint density at radius 1 is 1.07 bits per heavy atom. The third-order valence-corrected chi connectivity index (χ3v) is 4.84. The van der Waals surface area contributed by atoms with E-state index in [2.05, 4.69) is 20.1 Å². The van der Waals surface area contributed by atoms with Gasteiger partial charge in [0, 0.05) is 12.7 Å². The molecule has 4 aromatic rings. The molecule has 3 heterocycles.